The van der Waals surface area contributed by atoms with Crippen LogP contribution in [0.5, 0.6) is 0 Å². The predicted octanol–water partition coefficient (Wildman–Crippen LogP) is 1.42. The van der Waals surface area contributed by atoms with Gasteiger partial charge in [0, 0.05) is 13.2 Å². The fraction of sp³-hybridized carbons (Fsp3) is 0.500. The summed E-state index contributed by atoms with van der Waals surface area (Å²) in [6, 6.07) is 2.89. The lowest BCUT2D eigenvalue weighted by atomic mass is 9.87. The van der Waals surface area contributed by atoms with Crippen LogP contribution in [0.2, 0.25) is 0 Å². The largest absolute Gasteiger partial charge is 0.478 e. The number of hydrogen-bond acceptors (Lipinski definition) is 4. The van der Waals surface area contributed by atoms with Crippen LogP contribution in [0.3, 0.4) is 0 Å². The van der Waals surface area contributed by atoms with Crippen LogP contribution in [0, 0.1) is 11.8 Å². The van der Waals surface area contributed by atoms with Gasteiger partial charge in [0.15, 0.2) is 0 Å². The highest BCUT2D eigenvalue weighted by Gasteiger charge is 2.24. The fourth-order valence-corrected chi connectivity index (χ4v) is 2.40. The third-order valence-corrected chi connectivity index (χ3v) is 3.59. The summed E-state index contributed by atoms with van der Waals surface area (Å²) in [7, 11) is 0. The van der Waals surface area contributed by atoms with Crippen molar-refractivity contribution in [2.24, 2.45) is 11.8 Å². The molecule has 6 nitrogen and oxygen atoms in total. The molecule has 0 spiro atoms. The number of aliphatic hydroxyl groups is 2. The molecule has 0 aromatic heterocycles. The first kappa shape index (κ1) is 18.1. The highest BCUT2D eigenvalue weighted by molar-refractivity contribution is 5.97. The first-order valence-corrected chi connectivity index (χ1v) is 7.14. The molecule has 2 atom stereocenters. The molecule has 22 heavy (non-hydrogen) atoms. The molecule has 0 aliphatic heterocycles. The Hall–Kier alpha value is -1.92. The molecule has 0 heterocycles. The van der Waals surface area contributed by atoms with Crippen molar-refractivity contribution in [2.45, 2.75) is 26.7 Å². The van der Waals surface area contributed by atoms with Gasteiger partial charge in [-0.05, 0) is 41.9 Å². The third kappa shape index (κ3) is 4.29. The number of carbonyl (C=O) groups is 2. The Morgan fingerprint density at radius 3 is 1.95 bits per heavy atom. The first-order valence-electron chi connectivity index (χ1n) is 7.14. The van der Waals surface area contributed by atoms with E-state index in [-0.39, 0.29) is 48.2 Å². The Bertz CT molecular complexity index is 552. The molecule has 1 aromatic carbocycles. The number of aromatic carboxylic acids is 2. The molecule has 1 aromatic rings. The summed E-state index contributed by atoms with van der Waals surface area (Å²) in [5.41, 5.74) is 0.641. The van der Waals surface area contributed by atoms with Gasteiger partial charge >= 0.3 is 11.9 Å². The van der Waals surface area contributed by atoms with Crippen LogP contribution in [0.25, 0.3) is 0 Å². The summed E-state index contributed by atoms with van der Waals surface area (Å²) in [4.78, 5) is 23.0. The second-order valence-electron chi connectivity index (χ2n) is 5.72. The average Bonchev–Trinajstić information content (AvgIpc) is 2.46. The maximum Gasteiger partial charge on any atom is 0.336 e. The van der Waals surface area contributed by atoms with E-state index in [0.29, 0.717) is 12.0 Å². The smallest absolute Gasteiger partial charge is 0.336 e. The van der Waals surface area contributed by atoms with Gasteiger partial charge in [-0.1, -0.05) is 19.9 Å². The Morgan fingerprint density at radius 2 is 1.50 bits per heavy atom. The van der Waals surface area contributed by atoms with E-state index in [1.54, 1.807) is 13.8 Å². The molecule has 2 unspecified atom stereocenters. The molecule has 0 aliphatic carbocycles. The summed E-state index contributed by atoms with van der Waals surface area (Å²) in [5, 5.41) is 37.1. The molecular formula is C16H22O6. The topological polar surface area (TPSA) is 115 Å². The van der Waals surface area contributed by atoms with Crippen LogP contribution in [0.1, 0.15) is 45.7 Å². The van der Waals surface area contributed by atoms with E-state index in [9.17, 15) is 24.9 Å². The minimum absolute atomic E-state index is 0.0273. The lowest BCUT2D eigenvalue weighted by Crippen LogP contribution is -2.18. The third-order valence-electron chi connectivity index (χ3n) is 3.59. The van der Waals surface area contributed by atoms with Crippen molar-refractivity contribution in [1.82, 2.24) is 0 Å². The molecule has 1 rings (SSSR count). The normalized spacial score (nSPS) is 13.6. The number of carboxylic acids is 2. The summed E-state index contributed by atoms with van der Waals surface area (Å²) in [6.45, 7) is 3.27. The zero-order valence-electron chi connectivity index (χ0n) is 12.7. The van der Waals surface area contributed by atoms with Crippen LogP contribution in [0.15, 0.2) is 12.1 Å². The SMILES string of the molecule is CC(CO)Cc1ccc(C(=O)O)c(CC(C)CO)c1C(=O)O. The highest BCUT2D eigenvalue weighted by Crippen LogP contribution is 2.25. The van der Waals surface area contributed by atoms with Crippen LogP contribution in [-0.4, -0.2) is 45.6 Å². The van der Waals surface area contributed by atoms with Crippen molar-refractivity contribution >= 4 is 11.9 Å². The first-order chi connectivity index (χ1) is 10.3. The monoisotopic (exact) mass is 310 g/mol. The van der Waals surface area contributed by atoms with Crippen LogP contribution in [0.4, 0.5) is 0 Å². The summed E-state index contributed by atoms with van der Waals surface area (Å²) >= 11 is 0. The Morgan fingerprint density at radius 1 is 0.955 bits per heavy atom. The van der Waals surface area contributed by atoms with Gasteiger partial charge < -0.3 is 20.4 Å². The van der Waals surface area contributed by atoms with Gasteiger partial charge in [-0.2, -0.15) is 0 Å². The molecule has 0 radical (unpaired) electrons. The fourth-order valence-electron chi connectivity index (χ4n) is 2.40. The maximum absolute atomic E-state index is 11.6. The van der Waals surface area contributed by atoms with Gasteiger partial charge in [0.1, 0.15) is 0 Å². The van der Waals surface area contributed by atoms with E-state index in [0.717, 1.165) is 0 Å². The Kier molecular flexibility index (Phi) is 6.52. The maximum atomic E-state index is 11.6. The number of rotatable bonds is 8. The molecule has 6 heteroatoms. The van der Waals surface area contributed by atoms with E-state index < -0.39 is 11.9 Å². The average molecular weight is 310 g/mol. The second-order valence-corrected chi connectivity index (χ2v) is 5.72. The van der Waals surface area contributed by atoms with Crippen LogP contribution in [-0.2, 0) is 12.8 Å². The van der Waals surface area contributed by atoms with Crippen LogP contribution >= 0.6 is 0 Å². The van der Waals surface area contributed by atoms with Gasteiger partial charge in [0.05, 0.1) is 11.1 Å². The van der Waals surface area contributed by atoms with Gasteiger partial charge in [0.2, 0.25) is 0 Å². The molecule has 0 bridgehead atoms. The van der Waals surface area contributed by atoms with Gasteiger partial charge in [0.25, 0.3) is 0 Å². The summed E-state index contributed by atoms with van der Waals surface area (Å²) in [5.74, 6) is -2.76. The number of carboxylic acid groups (broad SMARTS) is 2. The van der Waals surface area contributed by atoms with E-state index in [1.807, 2.05) is 0 Å². The number of benzene rings is 1. The quantitative estimate of drug-likeness (QED) is 0.577. The minimum atomic E-state index is -1.19. The predicted molar refractivity (Wildman–Crippen MR) is 80.3 cm³/mol. The molecular weight excluding hydrogens is 288 g/mol. The molecule has 0 saturated heterocycles. The highest BCUT2D eigenvalue weighted by atomic mass is 16.4. The van der Waals surface area contributed by atoms with Crippen LogP contribution < -0.4 is 0 Å². The Balaban J connectivity index is 3.46. The number of hydrogen-bond donors (Lipinski definition) is 4. The minimum Gasteiger partial charge on any atom is -0.478 e. The zero-order chi connectivity index (χ0) is 16.9. The van der Waals surface area contributed by atoms with E-state index >= 15 is 0 Å². The molecule has 4 N–H and O–H groups in total. The summed E-state index contributed by atoms with van der Waals surface area (Å²) < 4.78 is 0. The van der Waals surface area contributed by atoms with E-state index in [4.69, 9.17) is 5.11 Å². The standard InChI is InChI=1S/C16H22O6/c1-9(7-17)5-11-3-4-12(15(19)20)13(6-10(2)8-18)14(11)16(21)22/h3-4,9-10,17-18H,5-8H2,1-2H3,(H,19,20)(H,21,22). The lowest BCUT2D eigenvalue weighted by molar-refractivity contribution is 0.0693. The van der Waals surface area contributed by atoms with Crippen molar-refractivity contribution in [1.29, 1.82) is 0 Å². The molecule has 0 aliphatic rings. The molecule has 122 valence electrons. The second kappa shape index (κ2) is 7.91. The zero-order valence-corrected chi connectivity index (χ0v) is 12.7. The molecule has 0 fully saturated rings. The van der Waals surface area contributed by atoms with Crippen molar-refractivity contribution in [3.05, 3.63) is 34.4 Å². The number of aliphatic hydroxyl groups excluding tert-OH is 2. The van der Waals surface area contributed by atoms with Gasteiger partial charge in [-0.15, -0.1) is 0 Å². The molecule has 0 amide bonds. The van der Waals surface area contributed by atoms with Crippen molar-refractivity contribution in [3.63, 3.8) is 0 Å². The van der Waals surface area contributed by atoms with E-state index in [1.165, 1.54) is 12.1 Å². The lowest BCUT2D eigenvalue weighted by Gasteiger charge is -2.18. The van der Waals surface area contributed by atoms with Gasteiger partial charge in [-0.25, -0.2) is 9.59 Å². The van der Waals surface area contributed by atoms with Gasteiger partial charge in [-0.3, -0.25) is 0 Å². The van der Waals surface area contributed by atoms with Crippen molar-refractivity contribution in [2.75, 3.05) is 13.2 Å². The van der Waals surface area contributed by atoms with E-state index in [2.05, 4.69) is 0 Å². The molecule has 0 saturated carbocycles. The summed E-state index contributed by atoms with van der Waals surface area (Å²) in [6.07, 6.45) is 0.514. The van der Waals surface area contributed by atoms with Crippen molar-refractivity contribution in [3.8, 4) is 0 Å². The van der Waals surface area contributed by atoms with Crippen molar-refractivity contribution < 1.29 is 30.0 Å². The Labute approximate surface area is 129 Å².